The largest absolute Gasteiger partial charge is 0.479 e. The number of carboxylic acids is 1. The molecule has 1 fully saturated rings. The molecule has 3 aromatic rings. The van der Waals surface area contributed by atoms with Crippen LogP contribution >= 0.6 is 0 Å². The van der Waals surface area contributed by atoms with Crippen molar-refractivity contribution in [3.8, 4) is 11.3 Å². The van der Waals surface area contributed by atoms with Crippen LogP contribution < -0.4 is 5.32 Å². The summed E-state index contributed by atoms with van der Waals surface area (Å²) in [6.45, 7) is 0.258. The van der Waals surface area contributed by atoms with Crippen LogP contribution in [0.25, 0.3) is 22.2 Å². The van der Waals surface area contributed by atoms with Gasteiger partial charge in [0, 0.05) is 36.0 Å². The Morgan fingerprint density at radius 1 is 1.21 bits per heavy atom. The van der Waals surface area contributed by atoms with Crippen molar-refractivity contribution >= 4 is 22.8 Å². The second-order valence-corrected chi connectivity index (χ2v) is 7.27. The third-order valence-corrected chi connectivity index (χ3v) is 5.34. The molecule has 2 aromatic carbocycles. The molecule has 29 heavy (non-hydrogen) atoms. The molecule has 0 aliphatic carbocycles. The SMILES string of the molecule is O=C(CCc1c(-c2ccccc2)[nH]c2ccc(F)cc12)NC1(C(=O)O)CCOC1. The van der Waals surface area contributed by atoms with E-state index in [1.54, 1.807) is 6.07 Å². The number of aromatic amines is 1. The summed E-state index contributed by atoms with van der Waals surface area (Å²) in [6, 6.07) is 14.1. The lowest BCUT2D eigenvalue weighted by atomic mass is 9.97. The van der Waals surface area contributed by atoms with Crippen LogP contribution in [0, 0.1) is 5.82 Å². The highest BCUT2D eigenvalue weighted by Crippen LogP contribution is 2.32. The minimum Gasteiger partial charge on any atom is -0.479 e. The molecular formula is C22H21FN2O4. The Balaban J connectivity index is 1.61. The third kappa shape index (κ3) is 3.73. The molecule has 7 heteroatoms. The molecule has 2 heterocycles. The molecule has 1 aliphatic rings. The zero-order chi connectivity index (χ0) is 20.4. The number of fused-ring (bicyclic) bond motifs is 1. The predicted octanol–water partition coefficient (Wildman–Crippen LogP) is 3.27. The third-order valence-electron chi connectivity index (χ3n) is 5.34. The summed E-state index contributed by atoms with van der Waals surface area (Å²) >= 11 is 0. The average molecular weight is 396 g/mol. The van der Waals surface area contributed by atoms with Crippen LogP contribution in [-0.2, 0) is 20.7 Å². The van der Waals surface area contributed by atoms with Gasteiger partial charge in [0.25, 0.3) is 0 Å². The molecule has 0 radical (unpaired) electrons. The van der Waals surface area contributed by atoms with E-state index in [-0.39, 0.29) is 31.2 Å². The Labute approximate surface area is 166 Å². The number of aliphatic carboxylic acids is 1. The molecule has 1 unspecified atom stereocenters. The van der Waals surface area contributed by atoms with Gasteiger partial charge < -0.3 is 20.1 Å². The van der Waals surface area contributed by atoms with Crippen LogP contribution in [0.1, 0.15) is 18.4 Å². The number of carbonyl (C=O) groups is 2. The lowest BCUT2D eigenvalue weighted by Gasteiger charge is -2.23. The fourth-order valence-electron chi connectivity index (χ4n) is 3.78. The van der Waals surface area contributed by atoms with Gasteiger partial charge in [0.05, 0.1) is 6.61 Å². The van der Waals surface area contributed by atoms with E-state index in [0.717, 1.165) is 22.3 Å². The van der Waals surface area contributed by atoms with Crippen molar-refractivity contribution in [2.75, 3.05) is 13.2 Å². The summed E-state index contributed by atoms with van der Waals surface area (Å²) in [7, 11) is 0. The lowest BCUT2D eigenvalue weighted by molar-refractivity contribution is -0.147. The highest BCUT2D eigenvalue weighted by atomic mass is 19.1. The number of hydrogen-bond acceptors (Lipinski definition) is 3. The number of ether oxygens (including phenoxy) is 1. The van der Waals surface area contributed by atoms with Crippen molar-refractivity contribution < 1.29 is 23.8 Å². The Morgan fingerprint density at radius 3 is 2.69 bits per heavy atom. The van der Waals surface area contributed by atoms with E-state index in [0.29, 0.717) is 18.4 Å². The van der Waals surface area contributed by atoms with Crippen molar-refractivity contribution in [3.05, 3.63) is 59.9 Å². The first-order valence-electron chi connectivity index (χ1n) is 9.46. The van der Waals surface area contributed by atoms with Gasteiger partial charge >= 0.3 is 5.97 Å². The molecular weight excluding hydrogens is 375 g/mol. The van der Waals surface area contributed by atoms with Gasteiger partial charge in [0.15, 0.2) is 5.54 Å². The molecule has 4 rings (SSSR count). The Hall–Kier alpha value is -3.19. The van der Waals surface area contributed by atoms with Gasteiger partial charge in [0.2, 0.25) is 5.91 Å². The van der Waals surface area contributed by atoms with Gasteiger partial charge in [-0.3, -0.25) is 4.79 Å². The second kappa shape index (κ2) is 7.67. The number of benzene rings is 2. The van der Waals surface area contributed by atoms with Gasteiger partial charge in [-0.25, -0.2) is 9.18 Å². The first-order chi connectivity index (χ1) is 14.0. The van der Waals surface area contributed by atoms with Crippen molar-refractivity contribution in [2.24, 2.45) is 0 Å². The summed E-state index contributed by atoms with van der Waals surface area (Å²) < 4.78 is 19.0. The number of aromatic nitrogens is 1. The van der Waals surface area contributed by atoms with Crippen LogP contribution in [0.5, 0.6) is 0 Å². The summed E-state index contributed by atoms with van der Waals surface area (Å²) in [5.41, 5.74) is 2.01. The topological polar surface area (TPSA) is 91.4 Å². The van der Waals surface area contributed by atoms with E-state index in [9.17, 15) is 19.1 Å². The standard InChI is InChI=1S/C22H21FN2O4/c23-15-6-8-18-17(12-15)16(20(24-18)14-4-2-1-3-5-14)7-9-19(26)25-22(21(27)28)10-11-29-13-22/h1-6,8,12,24H,7,9-11,13H2,(H,25,26)(H,27,28). The Morgan fingerprint density at radius 2 is 2.00 bits per heavy atom. The lowest BCUT2D eigenvalue weighted by Crippen LogP contribution is -2.55. The minimum absolute atomic E-state index is 0.0400. The molecule has 0 bridgehead atoms. The number of rotatable bonds is 6. The molecule has 6 nitrogen and oxygen atoms in total. The van der Waals surface area contributed by atoms with Crippen LogP contribution in [-0.4, -0.2) is 40.7 Å². The van der Waals surface area contributed by atoms with E-state index in [1.807, 2.05) is 30.3 Å². The van der Waals surface area contributed by atoms with E-state index in [4.69, 9.17) is 4.74 Å². The van der Waals surface area contributed by atoms with Crippen molar-refractivity contribution in [2.45, 2.75) is 24.8 Å². The Kier molecular flexibility index (Phi) is 5.07. The van der Waals surface area contributed by atoms with Crippen molar-refractivity contribution in [1.29, 1.82) is 0 Å². The molecule has 0 spiro atoms. The highest BCUT2D eigenvalue weighted by molar-refractivity contribution is 5.92. The van der Waals surface area contributed by atoms with Gasteiger partial charge in [-0.15, -0.1) is 0 Å². The molecule has 3 N–H and O–H groups in total. The van der Waals surface area contributed by atoms with Gasteiger partial charge in [-0.2, -0.15) is 0 Å². The number of H-pyrrole nitrogens is 1. The number of hydrogen-bond donors (Lipinski definition) is 3. The summed E-state index contributed by atoms with van der Waals surface area (Å²) in [6.07, 6.45) is 0.663. The van der Waals surface area contributed by atoms with E-state index in [2.05, 4.69) is 10.3 Å². The molecule has 0 saturated carbocycles. The maximum Gasteiger partial charge on any atom is 0.331 e. The van der Waals surface area contributed by atoms with Crippen LogP contribution in [0.2, 0.25) is 0 Å². The second-order valence-electron chi connectivity index (χ2n) is 7.27. The molecule has 150 valence electrons. The number of amides is 1. The van der Waals surface area contributed by atoms with Crippen LogP contribution in [0.3, 0.4) is 0 Å². The van der Waals surface area contributed by atoms with Crippen molar-refractivity contribution in [1.82, 2.24) is 10.3 Å². The maximum absolute atomic E-state index is 13.9. The Bertz CT molecular complexity index is 1060. The fourth-order valence-corrected chi connectivity index (χ4v) is 3.78. The monoisotopic (exact) mass is 396 g/mol. The number of carbonyl (C=O) groups excluding carboxylic acids is 1. The number of nitrogens with one attached hydrogen (secondary N) is 2. The van der Waals surface area contributed by atoms with E-state index in [1.165, 1.54) is 12.1 Å². The first-order valence-corrected chi connectivity index (χ1v) is 9.46. The molecule has 1 amide bonds. The zero-order valence-corrected chi connectivity index (χ0v) is 15.7. The van der Waals surface area contributed by atoms with Gasteiger partial charge in [0.1, 0.15) is 5.82 Å². The summed E-state index contributed by atoms with van der Waals surface area (Å²) in [4.78, 5) is 27.5. The first kappa shape index (κ1) is 19.1. The van der Waals surface area contributed by atoms with Crippen LogP contribution in [0.15, 0.2) is 48.5 Å². The van der Waals surface area contributed by atoms with Gasteiger partial charge in [-0.05, 0) is 35.7 Å². The number of halogens is 1. The quantitative estimate of drug-likeness (QED) is 0.596. The van der Waals surface area contributed by atoms with Crippen LogP contribution in [0.4, 0.5) is 4.39 Å². The highest BCUT2D eigenvalue weighted by Gasteiger charge is 2.43. The normalized spacial score (nSPS) is 18.8. The van der Waals surface area contributed by atoms with E-state index >= 15 is 0 Å². The summed E-state index contributed by atoms with van der Waals surface area (Å²) in [5, 5.41) is 12.8. The number of aryl methyl sites for hydroxylation is 1. The molecule has 1 aliphatic heterocycles. The fraction of sp³-hybridized carbons (Fsp3) is 0.273. The smallest absolute Gasteiger partial charge is 0.331 e. The minimum atomic E-state index is -1.37. The van der Waals surface area contributed by atoms with E-state index < -0.39 is 11.5 Å². The average Bonchev–Trinajstić information content (AvgIpc) is 3.32. The zero-order valence-electron chi connectivity index (χ0n) is 15.7. The number of carboxylic acid groups (broad SMARTS) is 1. The molecule has 1 aromatic heterocycles. The van der Waals surface area contributed by atoms with Gasteiger partial charge in [-0.1, -0.05) is 30.3 Å². The maximum atomic E-state index is 13.9. The molecule has 1 atom stereocenters. The summed E-state index contributed by atoms with van der Waals surface area (Å²) in [5.74, 6) is -1.82. The predicted molar refractivity (Wildman–Crippen MR) is 106 cm³/mol. The van der Waals surface area contributed by atoms with Crippen molar-refractivity contribution in [3.63, 3.8) is 0 Å². The molecule has 1 saturated heterocycles.